The molecule has 8 nitrogen and oxygen atoms in total. The van der Waals surface area contributed by atoms with Gasteiger partial charge in [0.2, 0.25) is 5.95 Å². The highest BCUT2D eigenvalue weighted by atomic mass is 16.2. The molecule has 0 amide bonds. The molecule has 2 heterocycles. The molecule has 4 N–H and O–H groups in total. The zero-order valence-corrected chi connectivity index (χ0v) is 11.9. The molecule has 0 radical (unpaired) electrons. The molecule has 0 aromatic carbocycles. The number of nitrogens with one attached hydrogen (secondary N) is 2. The van der Waals surface area contributed by atoms with Crippen LogP contribution in [0.5, 0.6) is 0 Å². The molecule has 0 saturated carbocycles. The van der Waals surface area contributed by atoms with Crippen molar-refractivity contribution in [3.63, 3.8) is 0 Å². The Morgan fingerprint density at radius 1 is 1.35 bits per heavy atom. The lowest BCUT2D eigenvalue weighted by Gasteiger charge is -2.09. The number of aromatic nitrogens is 4. The van der Waals surface area contributed by atoms with Gasteiger partial charge in [0.1, 0.15) is 0 Å². The number of nitrogens with zero attached hydrogens (tertiary/aromatic N) is 3. The minimum atomic E-state index is -0.392. The molecule has 0 aliphatic heterocycles. The van der Waals surface area contributed by atoms with Crippen LogP contribution in [0.3, 0.4) is 0 Å². The van der Waals surface area contributed by atoms with Crippen molar-refractivity contribution >= 4 is 17.1 Å². The SMILES string of the molecule is CC(CCN)CNc1nc2c([nH]1)c(=O)n(C)c(=O)n2C. The van der Waals surface area contributed by atoms with E-state index in [0.29, 0.717) is 36.1 Å². The lowest BCUT2D eigenvalue weighted by atomic mass is 10.1. The summed E-state index contributed by atoms with van der Waals surface area (Å²) in [6, 6.07) is 0. The van der Waals surface area contributed by atoms with E-state index in [1.54, 1.807) is 7.05 Å². The standard InChI is InChI=1S/C12H20N6O2/c1-7(4-5-13)6-14-11-15-8-9(16-11)17(2)12(20)18(3)10(8)19/h7H,4-6,13H2,1-3H3,(H2,14,15,16). The van der Waals surface area contributed by atoms with Gasteiger partial charge < -0.3 is 16.0 Å². The van der Waals surface area contributed by atoms with Crippen LogP contribution in [0.1, 0.15) is 13.3 Å². The molecule has 0 spiro atoms. The molecule has 0 aliphatic rings. The Morgan fingerprint density at radius 3 is 2.70 bits per heavy atom. The number of aromatic amines is 1. The summed E-state index contributed by atoms with van der Waals surface area (Å²) in [5.41, 5.74) is 5.41. The summed E-state index contributed by atoms with van der Waals surface area (Å²) in [4.78, 5) is 31.0. The first kappa shape index (κ1) is 14.3. The lowest BCUT2D eigenvalue weighted by Crippen LogP contribution is -2.36. The number of fused-ring (bicyclic) bond motifs is 1. The van der Waals surface area contributed by atoms with Crippen LogP contribution in [-0.4, -0.2) is 32.2 Å². The third kappa shape index (κ3) is 2.46. The second-order valence-corrected chi connectivity index (χ2v) is 5.05. The highest BCUT2D eigenvalue weighted by molar-refractivity contribution is 5.72. The monoisotopic (exact) mass is 280 g/mol. The number of nitrogens with two attached hydrogens (primary N) is 1. The normalized spacial score (nSPS) is 12.8. The molecule has 2 aromatic rings. The maximum Gasteiger partial charge on any atom is 0.332 e. The van der Waals surface area contributed by atoms with Crippen molar-refractivity contribution in [3.8, 4) is 0 Å². The maximum atomic E-state index is 12.0. The van der Waals surface area contributed by atoms with Gasteiger partial charge in [-0.05, 0) is 18.9 Å². The molecular formula is C12H20N6O2. The Bertz CT molecular complexity index is 726. The number of hydrogen-bond acceptors (Lipinski definition) is 5. The van der Waals surface area contributed by atoms with Crippen LogP contribution in [0, 0.1) is 5.92 Å². The Hall–Kier alpha value is -2.09. The van der Waals surface area contributed by atoms with Crippen LogP contribution in [-0.2, 0) is 14.1 Å². The zero-order chi connectivity index (χ0) is 14.9. The van der Waals surface area contributed by atoms with E-state index in [-0.39, 0.29) is 5.56 Å². The fraction of sp³-hybridized carbons (Fsp3) is 0.583. The van der Waals surface area contributed by atoms with E-state index in [9.17, 15) is 9.59 Å². The molecule has 2 aromatic heterocycles. The zero-order valence-electron chi connectivity index (χ0n) is 11.9. The summed E-state index contributed by atoms with van der Waals surface area (Å²) < 4.78 is 2.41. The Labute approximate surface area is 115 Å². The first-order chi connectivity index (χ1) is 9.45. The lowest BCUT2D eigenvalue weighted by molar-refractivity contribution is 0.567. The fourth-order valence-electron chi connectivity index (χ4n) is 2.07. The third-order valence-electron chi connectivity index (χ3n) is 3.37. The van der Waals surface area contributed by atoms with E-state index < -0.39 is 5.69 Å². The summed E-state index contributed by atoms with van der Waals surface area (Å²) >= 11 is 0. The van der Waals surface area contributed by atoms with Gasteiger partial charge in [-0.3, -0.25) is 13.9 Å². The fourth-order valence-corrected chi connectivity index (χ4v) is 2.07. The highest BCUT2D eigenvalue weighted by Crippen LogP contribution is 2.09. The molecule has 1 atom stereocenters. The topological polar surface area (TPSA) is 111 Å². The van der Waals surface area contributed by atoms with Gasteiger partial charge in [0.25, 0.3) is 5.56 Å². The number of H-pyrrole nitrogens is 1. The average Bonchev–Trinajstić information content (AvgIpc) is 2.85. The van der Waals surface area contributed by atoms with Crippen molar-refractivity contribution < 1.29 is 0 Å². The second kappa shape index (κ2) is 5.49. The van der Waals surface area contributed by atoms with E-state index in [0.717, 1.165) is 11.0 Å². The average molecular weight is 280 g/mol. The van der Waals surface area contributed by atoms with Crippen LogP contribution in [0.15, 0.2) is 9.59 Å². The van der Waals surface area contributed by atoms with Gasteiger partial charge in [0.15, 0.2) is 11.2 Å². The van der Waals surface area contributed by atoms with Gasteiger partial charge in [0, 0.05) is 20.6 Å². The first-order valence-electron chi connectivity index (χ1n) is 6.55. The van der Waals surface area contributed by atoms with Gasteiger partial charge in [-0.1, -0.05) is 6.92 Å². The summed E-state index contributed by atoms with van der Waals surface area (Å²) in [6.45, 7) is 3.42. The predicted molar refractivity (Wildman–Crippen MR) is 77.9 cm³/mol. The van der Waals surface area contributed by atoms with Gasteiger partial charge in [0.05, 0.1) is 0 Å². The van der Waals surface area contributed by atoms with Crippen LogP contribution < -0.4 is 22.3 Å². The van der Waals surface area contributed by atoms with Crippen molar-refractivity contribution in [2.75, 3.05) is 18.4 Å². The third-order valence-corrected chi connectivity index (χ3v) is 3.37. The minimum Gasteiger partial charge on any atom is -0.355 e. The number of hydrogen-bond donors (Lipinski definition) is 3. The largest absolute Gasteiger partial charge is 0.355 e. The van der Waals surface area contributed by atoms with Gasteiger partial charge in [-0.15, -0.1) is 0 Å². The highest BCUT2D eigenvalue weighted by Gasteiger charge is 2.13. The van der Waals surface area contributed by atoms with Crippen LogP contribution in [0.25, 0.3) is 11.2 Å². The first-order valence-corrected chi connectivity index (χ1v) is 6.55. The molecule has 2 rings (SSSR count). The molecule has 0 saturated heterocycles. The Kier molecular flexibility index (Phi) is 3.93. The summed E-state index contributed by atoms with van der Waals surface area (Å²) in [7, 11) is 3.03. The van der Waals surface area contributed by atoms with E-state index in [1.165, 1.54) is 11.6 Å². The summed E-state index contributed by atoms with van der Waals surface area (Å²) in [6.07, 6.45) is 0.910. The molecule has 0 bridgehead atoms. The molecule has 20 heavy (non-hydrogen) atoms. The molecule has 110 valence electrons. The van der Waals surface area contributed by atoms with E-state index >= 15 is 0 Å². The van der Waals surface area contributed by atoms with Gasteiger partial charge in [-0.2, -0.15) is 4.98 Å². The number of anilines is 1. The van der Waals surface area contributed by atoms with Crippen molar-refractivity contribution in [1.82, 2.24) is 19.1 Å². The van der Waals surface area contributed by atoms with Crippen molar-refractivity contribution in [2.24, 2.45) is 25.7 Å². The number of imidazole rings is 1. The molecular weight excluding hydrogens is 260 g/mol. The Morgan fingerprint density at radius 2 is 2.05 bits per heavy atom. The van der Waals surface area contributed by atoms with Gasteiger partial charge >= 0.3 is 5.69 Å². The van der Waals surface area contributed by atoms with Crippen molar-refractivity contribution in [3.05, 3.63) is 20.8 Å². The molecule has 1 unspecified atom stereocenters. The number of aryl methyl sites for hydroxylation is 1. The van der Waals surface area contributed by atoms with E-state index in [2.05, 4.69) is 22.2 Å². The summed E-state index contributed by atoms with van der Waals surface area (Å²) in [5, 5.41) is 3.13. The van der Waals surface area contributed by atoms with Crippen LogP contribution in [0.2, 0.25) is 0 Å². The predicted octanol–water partition coefficient (Wildman–Crippen LogP) is -0.643. The molecule has 0 fully saturated rings. The van der Waals surface area contributed by atoms with Gasteiger partial charge in [-0.25, -0.2) is 4.79 Å². The van der Waals surface area contributed by atoms with Crippen LogP contribution in [0.4, 0.5) is 5.95 Å². The smallest absolute Gasteiger partial charge is 0.332 e. The van der Waals surface area contributed by atoms with Crippen molar-refractivity contribution in [1.29, 1.82) is 0 Å². The Balaban J connectivity index is 2.35. The quantitative estimate of drug-likeness (QED) is 0.674. The van der Waals surface area contributed by atoms with E-state index in [1.807, 2.05) is 0 Å². The van der Waals surface area contributed by atoms with E-state index in [4.69, 9.17) is 5.73 Å². The second-order valence-electron chi connectivity index (χ2n) is 5.05. The maximum absolute atomic E-state index is 12.0. The number of rotatable bonds is 5. The minimum absolute atomic E-state index is 0.323. The van der Waals surface area contributed by atoms with Crippen molar-refractivity contribution in [2.45, 2.75) is 13.3 Å². The molecule has 8 heteroatoms. The van der Waals surface area contributed by atoms with Crippen LogP contribution >= 0.6 is 0 Å². The molecule has 0 aliphatic carbocycles. The summed E-state index contributed by atoms with van der Waals surface area (Å²) in [5.74, 6) is 0.891.